The molecule has 0 fully saturated rings. The van der Waals surface area contributed by atoms with Crippen LogP contribution in [0.1, 0.15) is 104 Å². The van der Waals surface area contributed by atoms with Gasteiger partial charge in [0.2, 0.25) is 0 Å². The molecule has 0 radical (unpaired) electrons. The van der Waals surface area contributed by atoms with Crippen molar-refractivity contribution >= 4 is 5.97 Å². The van der Waals surface area contributed by atoms with Crippen molar-refractivity contribution in [3.05, 3.63) is 12.2 Å². The van der Waals surface area contributed by atoms with Crippen LogP contribution in [0.2, 0.25) is 0 Å². The number of unbranched alkanes of at least 4 members (excludes halogenated alkanes) is 11. The van der Waals surface area contributed by atoms with Gasteiger partial charge in [-0.25, -0.2) is 0 Å². The predicted octanol–water partition coefficient (Wildman–Crippen LogP) is 5.87. The minimum atomic E-state index is -0.419. The van der Waals surface area contributed by atoms with Crippen LogP contribution in [0, 0.1) is 0 Å². The van der Waals surface area contributed by atoms with Crippen molar-refractivity contribution < 1.29 is 29.0 Å². The first-order valence-electron chi connectivity index (χ1n) is 9.74. The van der Waals surface area contributed by atoms with Crippen molar-refractivity contribution in [2.75, 3.05) is 0 Å². The van der Waals surface area contributed by atoms with Crippen LogP contribution in [-0.4, -0.2) is 12.2 Å². The standard InChI is InChI=1S/C20H39NO2.Zn/c1-3-4-5-6-7-8-9-10-11-12-13-14-15-16-17-18-20(21)23-19(2)22;/h10-11,20H,3-9,12-18,21H2,1-2H3;/b11-10-;. The molecule has 0 aromatic heterocycles. The van der Waals surface area contributed by atoms with E-state index in [2.05, 4.69) is 19.1 Å². The minimum absolute atomic E-state index is 0. The van der Waals surface area contributed by atoms with Gasteiger partial charge < -0.3 is 4.74 Å². The van der Waals surface area contributed by atoms with Crippen molar-refractivity contribution in [3.63, 3.8) is 0 Å². The minimum Gasteiger partial charge on any atom is -0.447 e. The summed E-state index contributed by atoms with van der Waals surface area (Å²) in [4.78, 5) is 10.7. The van der Waals surface area contributed by atoms with Crippen LogP contribution < -0.4 is 5.73 Å². The van der Waals surface area contributed by atoms with Crippen LogP contribution in [0.15, 0.2) is 12.2 Å². The molecule has 1 atom stereocenters. The quantitative estimate of drug-likeness (QED) is 0.118. The molecule has 0 amide bonds. The van der Waals surface area contributed by atoms with E-state index in [4.69, 9.17) is 10.5 Å². The summed E-state index contributed by atoms with van der Waals surface area (Å²) in [5.74, 6) is -0.287. The second-order valence-electron chi connectivity index (χ2n) is 6.52. The van der Waals surface area contributed by atoms with Crippen molar-refractivity contribution in [1.82, 2.24) is 0 Å². The van der Waals surface area contributed by atoms with Gasteiger partial charge in [0.1, 0.15) is 0 Å². The molecule has 0 saturated carbocycles. The Morgan fingerprint density at radius 1 is 0.875 bits per heavy atom. The monoisotopic (exact) mass is 389 g/mol. The summed E-state index contributed by atoms with van der Waals surface area (Å²) >= 11 is 0. The third-order valence-corrected chi connectivity index (χ3v) is 4.07. The zero-order valence-electron chi connectivity index (χ0n) is 16.2. The molecule has 3 nitrogen and oxygen atoms in total. The molecular weight excluding hydrogens is 352 g/mol. The van der Waals surface area contributed by atoms with Gasteiger partial charge in [0.05, 0.1) is 0 Å². The van der Waals surface area contributed by atoms with Gasteiger partial charge in [-0.2, -0.15) is 0 Å². The number of esters is 1. The fourth-order valence-electron chi connectivity index (χ4n) is 2.69. The summed E-state index contributed by atoms with van der Waals surface area (Å²) in [6.45, 7) is 3.67. The van der Waals surface area contributed by atoms with Gasteiger partial charge in [-0.05, 0) is 38.5 Å². The number of hydrogen-bond donors (Lipinski definition) is 1. The van der Waals surface area contributed by atoms with Gasteiger partial charge in [-0.1, -0.05) is 70.4 Å². The van der Waals surface area contributed by atoms with E-state index in [-0.39, 0.29) is 25.4 Å². The van der Waals surface area contributed by atoms with Gasteiger partial charge in [-0.15, -0.1) is 0 Å². The number of ether oxygens (including phenoxy) is 1. The molecule has 0 aliphatic heterocycles. The molecule has 1 unspecified atom stereocenters. The van der Waals surface area contributed by atoms with Crippen LogP contribution >= 0.6 is 0 Å². The maximum Gasteiger partial charge on any atom is 0.304 e. The third-order valence-electron chi connectivity index (χ3n) is 4.07. The molecule has 0 heterocycles. The van der Waals surface area contributed by atoms with Crippen molar-refractivity contribution in [2.45, 2.75) is 110 Å². The molecule has 138 valence electrons. The maximum absolute atomic E-state index is 10.7. The Balaban J connectivity index is 0. The number of hydrogen-bond acceptors (Lipinski definition) is 3. The largest absolute Gasteiger partial charge is 0.447 e. The molecule has 0 aromatic carbocycles. The number of rotatable bonds is 16. The SMILES string of the molecule is CCCCCCCC/C=C\CCCCCCCC(N)OC(C)=O.[Zn]. The molecule has 0 spiro atoms. The van der Waals surface area contributed by atoms with Crippen LogP contribution in [0.25, 0.3) is 0 Å². The Hall–Kier alpha value is -0.207. The first-order valence-corrected chi connectivity index (χ1v) is 9.74. The zero-order chi connectivity index (χ0) is 17.2. The summed E-state index contributed by atoms with van der Waals surface area (Å²) in [5.41, 5.74) is 5.68. The molecular formula is C20H39NO2Zn. The van der Waals surface area contributed by atoms with E-state index in [0.717, 1.165) is 12.8 Å². The van der Waals surface area contributed by atoms with Gasteiger partial charge in [0, 0.05) is 26.4 Å². The molecule has 0 aliphatic carbocycles. The molecule has 0 aliphatic rings. The maximum atomic E-state index is 10.7. The number of nitrogens with two attached hydrogens (primary N) is 1. The van der Waals surface area contributed by atoms with Gasteiger partial charge >= 0.3 is 5.97 Å². The number of carbonyl (C=O) groups excluding carboxylic acids is 1. The molecule has 0 bridgehead atoms. The summed E-state index contributed by atoms with van der Waals surface area (Å²) < 4.78 is 4.90. The van der Waals surface area contributed by atoms with Crippen LogP contribution in [-0.2, 0) is 29.0 Å². The average molecular weight is 391 g/mol. The van der Waals surface area contributed by atoms with Crippen molar-refractivity contribution in [2.24, 2.45) is 5.73 Å². The van der Waals surface area contributed by atoms with E-state index >= 15 is 0 Å². The van der Waals surface area contributed by atoms with E-state index < -0.39 is 6.23 Å². The summed E-state index contributed by atoms with van der Waals surface area (Å²) in [5, 5.41) is 0. The Bertz CT molecular complexity index is 295. The van der Waals surface area contributed by atoms with Crippen LogP contribution in [0.4, 0.5) is 0 Å². The molecule has 0 saturated heterocycles. The van der Waals surface area contributed by atoms with E-state index in [0.29, 0.717) is 0 Å². The Morgan fingerprint density at radius 3 is 1.83 bits per heavy atom. The number of allylic oxidation sites excluding steroid dienone is 2. The number of carbonyl (C=O) groups is 1. The second-order valence-corrected chi connectivity index (χ2v) is 6.52. The first-order chi connectivity index (χ1) is 11.2. The molecule has 0 rings (SSSR count). The van der Waals surface area contributed by atoms with Crippen molar-refractivity contribution in [3.8, 4) is 0 Å². The van der Waals surface area contributed by atoms with E-state index in [1.165, 1.54) is 84.0 Å². The smallest absolute Gasteiger partial charge is 0.304 e. The zero-order valence-corrected chi connectivity index (χ0v) is 19.2. The molecule has 2 N–H and O–H groups in total. The van der Waals surface area contributed by atoms with E-state index in [9.17, 15) is 4.79 Å². The van der Waals surface area contributed by atoms with Crippen molar-refractivity contribution in [1.29, 1.82) is 0 Å². The first kappa shape index (κ1) is 26.0. The second kappa shape index (κ2) is 20.8. The third kappa shape index (κ3) is 21.8. The summed E-state index contributed by atoms with van der Waals surface area (Å²) in [6.07, 6.45) is 21.8. The predicted molar refractivity (Wildman–Crippen MR) is 99.2 cm³/mol. The van der Waals surface area contributed by atoms with Crippen LogP contribution in [0.5, 0.6) is 0 Å². The van der Waals surface area contributed by atoms with Crippen LogP contribution in [0.3, 0.4) is 0 Å². The van der Waals surface area contributed by atoms with E-state index in [1.807, 2.05) is 0 Å². The van der Waals surface area contributed by atoms with Gasteiger partial charge in [-0.3, -0.25) is 10.5 Å². The topological polar surface area (TPSA) is 52.3 Å². The van der Waals surface area contributed by atoms with E-state index in [1.54, 1.807) is 0 Å². The fourth-order valence-corrected chi connectivity index (χ4v) is 2.69. The van der Waals surface area contributed by atoms with Gasteiger partial charge in [0.25, 0.3) is 0 Å². The average Bonchev–Trinajstić information content (AvgIpc) is 2.50. The normalized spacial score (nSPS) is 12.1. The summed E-state index contributed by atoms with van der Waals surface area (Å²) in [7, 11) is 0. The Labute approximate surface area is 162 Å². The Kier molecular flexibility index (Phi) is 22.6. The summed E-state index contributed by atoms with van der Waals surface area (Å²) in [6, 6.07) is 0. The molecule has 0 aromatic rings. The molecule has 4 heteroatoms. The molecule has 24 heavy (non-hydrogen) atoms. The Morgan fingerprint density at radius 2 is 1.33 bits per heavy atom. The fraction of sp³-hybridized carbons (Fsp3) is 0.850. The van der Waals surface area contributed by atoms with Gasteiger partial charge in [0.15, 0.2) is 6.23 Å².